The van der Waals surface area contributed by atoms with Gasteiger partial charge in [-0.2, -0.15) is 0 Å². The lowest BCUT2D eigenvalue weighted by Crippen LogP contribution is -2.39. The second-order valence-electron chi connectivity index (χ2n) is 6.43. The summed E-state index contributed by atoms with van der Waals surface area (Å²) in [4.78, 5) is 20.2. The number of nitrogens with two attached hydrogens (primary N) is 1. The number of nitrogen functional groups attached to an aromatic ring is 1. The van der Waals surface area contributed by atoms with Crippen molar-refractivity contribution in [2.24, 2.45) is 0 Å². The van der Waals surface area contributed by atoms with E-state index in [-0.39, 0.29) is 12.1 Å². The summed E-state index contributed by atoms with van der Waals surface area (Å²) in [6.07, 6.45) is 2.30. The quantitative estimate of drug-likeness (QED) is 0.904. The zero-order valence-corrected chi connectivity index (χ0v) is 13.2. The smallest absolute Gasteiger partial charge is 0.410 e. The van der Waals surface area contributed by atoms with Crippen LogP contribution in [0.2, 0.25) is 0 Å². The number of likely N-dealkylation sites (N-methyl/N-ethyl adjacent to an activating group) is 1. The molecule has 0 radical (unpaired) electrons. The Morgan fingerprint density at radius 1 is 1.48 bits per heavy atom. The molecular formula is C15H24N4O2. The topological polar surface area (TPSA) is 71.7 Å². The predicted octanol–water partition coefficient (Wildman–Crippen LogP) is 2.11. The van der Waals surface area contributed by atoms with Crippen molar-refractivity contribution in [2.75, 3.05) is 30.8 Å². The zero-order valence-electron chi connectivity index (χ0n) is 13.2. The molecule has 2 heterocycles. The van der Waals surface area contributed by atoms with Gasteiger partial charge in [-0.1, -0.05) is 0 Å². The van der Waals surface area contributed by atoms with Crippen molar-refractivity contribution in [1.82, 2.24) is 9.88 Å². The molecule has 0 spiro atoms. The van der Waals surface area contributed by atoms with Gasteiger partial charge in [-0.15, -0.1) is 0 Å². The molecule has 0 aliphatic carbocycles. The van der Waals surface area contributed by atoms with Gasteiger partial charge in [-0.3, -0.25) is 0 Å². The van der Waals surface area contributed by atoms with Crippen LogP contribution in [0, 0.1) is 0 Å². The summed E-state index contributed by atoms with van der Waals surface area (Å²) in [5.74, 6) is 0.861. The Balaban J connectivity index is 1.95. The van der Waals surface area contributed by atoms with Gasteiger partial charge in [0.1, 0.15) is 11.4 Å². The molecule has 21 heavy (non-hydrogen) atoms. The highest BCUT2D eigenvalue weighted by molar-refractivity contribution is 5.68. The summed E-state index contributed by atoms with van der Waals surface area (Å²) in [6, 6.07) is 3.97. The van der Waals surface area contributed by atoms with E-state index >= 15 is 0 Å². The molecule has 0 bridgehead atoms. The minimum Gasteiger partial charge on any atom is -0.444 e. The molecule has 0 saturated carbocycles. The molecule has 6 heteroatoms. The van der Waals surface area contributed by atoms with Crippen molar-refractivity contribution >= 4 is 17.6 Å². The fraction of sp³-hybridized carbons (Fsp3) is 0.600. The molecular weight excluding hydrogens is 268 g/mol. The molecule has 1 fully saturated rings. The maximum atomic E-state index is 12.1. The molecule has 0 unspecified atom stereocenters. The fourth-order valence-corrected chi connectivity index (χ4v) is 2.34. The molecule has 1 aliphatic heterocycles. The largest absolute Gasteiger partial charge is 0.444 e. The van der Waals surface area contributed by atoms with Gasteiger partial charge in [0.05, 0.1) is 11.9 Å². The summed E-state index contributed by atoms with van der Waals surface area (Å²) in [6.45, 7) is 6.99. The van der Waals surface area contributed by atoms with Crippen LogP contribution in [0.3, 0.4) is 0 Å². The average molecular weight is 292 g/mol. The Morgan fingerprint density at radius 2 is 2.19 bits per heavy atom. The van der Waals surface area contributed by atoms with Crippen molar-refractivity contribution in [3.05, 3.63) is 18.3 Å². The second kappa shape index (κ2) is 5.79. The van der Waals surface area contributed by atoms with E-state index in [0.717, 1.165) is 12.2 Å². The molecule has 2 N–H and O–H groups in total. The molecule has 1 aliphatic rings. The van der Waals surface area contributed by atoms with Gasteiger partial charge in [0.15, 0.2) is 0 Å². The first-order valence-electron chi connectivity index (χ1n) is 7.18. The van der Waals surface area contributed by atoms with Crippen molar-refractivity contribution in [1.29, 1.82) is 0 Å². The third kappa shape index (κ3) is 4.00. The molecule has 1 aromatic rings. The van der Waals surface area contributed by atoms with Gasteiger partial charge in [0.25, 0.3) is 0 Å². The monoisotopic (exact) mass is 292 g/mol. The van der Waals surface area contributed by atoms with Gasteiger partial charge in [-0.25, -0.2) is 9.78 Å². The Morgan fingerprint density at radius 3 is 2.76 bits per heavy atom. The average Bonchev–Trinajstić information content (AvgIpc) is 2.86. The molecule has 2 rings (SSSR count). The van der Waals surface area contributed by atoms with Crippen LogP contribution in [-0.2, 0) is 4.74 Å². The van der Waals surface area contributed by atoms with Gasteiger partial charge in [0, 0.05) is 26.2 Å². The SMILES string of the molecule is CN(c1ccc(N)cn1)[C@H]1CCN(C(=O)OC(C)(C)C)C1. The minimum absolute atomic E-state index is 0.244. The summed E-state index contributed by atoms with van der Waals surface area (Å²) in [5.41, 5.74) is 5.84. The maximum absolute atomic E-state index is 12.1. The van der Waals surface area contributed by atoms with E-state index in [2.05, 4.69) is 9.88 Å². The van der Waals surface area contributed by atoms with Gasteiger partial charge >= 0.3 is 6.09 Å². The number of hydrogen-bond acceptors (Lipinski definition) is 5. The van der Waals surface area contributed by atoms with E-state index in [0.29, 0.717) is 18.8 Å². The number of amides is 1. The van der Waals surface area contributed by atoms with Gasteiger partial charge in [-0.05, 0) is 39.3 Å². The van der Waals surface area contributed by atoms with Crippen LogP contribution in [0.25, 0.3) is 0 Å². The van der Waals surface area contributed by atoms with Crippen LogP contribution >= 0.6 is 0 Å². The van der Waals surface area contributed by atoms with Gasteiger partial charge in [0.2, 0.25) is 0 Å². The van der Waals surface area contributed by atoms with Crippen LogP contribution in [0.5, 0.6) is 0 Å². The molecule has 116 valence electrons. The van der Waals surface area contributed by atoms with Crippen LogP contribution in [0.4, 0.5) is 16.3 Å². The van der Waals surface area contributed by atoms with Crippen molar-refractivity contribution in [3.8, 4) is 0 Å². The first-order valence-corrected chi connectivity index (χ1v) is 7.18. The number of pyridine rings is 1. The lowest BCUT2D eigenvalue weighted by atomic mass is 10.2. The summed E-state index contributed by atoms with van der Waals surface area (Å²) < 4.78 is 5.41. The van der Waals surface area contributed by atoms with Crippen LogP contribution < -0.4 is 10.6 Å². The van der Waals surface area contributed by atoms with E-state index in [1.54, 1.807) is 11.1 Å². The Labute approximate surface area is 125 Å². The van der Waals surface area contributed by atoms with E-state index in [4.69, 9.17) is 10.5 Å². The predicted molar refractivity (Wildman–Crippen MR) is 83.3 cm³/mol. The summed E-state index contributed by atoms with van der Waals surface area (Å²) in [7, 11) is 1.99. The molecule has 6 nitrogen and oxygen atoms in total. The van der Waals surface area contributed by atoms with Crippen molar-refractivity contribution in [2.45, 2.75) is 38.8 Å². The van der Waals surface area contributed by atoms with E-state index in [1.807, 2.05) is 40.0 Å². The number of carbonyl (C=O) groups is 1. The van der Waals surface area contributed by atoms with Crippen LogP contribution in [0.1, 0.15) is 27.2 Å². The van der Waals surface area contributed by atoms with E-state index in [1.165, 1.54) is 0 Å². The van der Waals surface area contributed by atoms with Crippen molar-refractivity contribution in [3.63, 3.8) is 0 Å². The molecule has 1 amide bonds. The highest BCUT2D eigenvalue weighted by atomic mass is 16.6. The number of hydrogen-bond donors (Lipinski definition) is 1. The first kappa shape index (κ1) is 15.4. The minimum atomic E-state index is -0.459. The summed E-state index contributed by atoms with van der Waals surface area (Å²) >= 11 is 0. The zero-order chi connectivity index (χ0) is 15.6. The number of carbonyl (C=O) groups excluding carboxylic acids is 1. The van der Waals surface area contributed by atoms with E-state index in [9.17, 15) is 4.79 Å². The molecule has 1 saturated heterocycles. The normalized spacial score (nSPS) is 18.7. The Hall–Kier alpha value is -1.98. The standard InChI is InChI=1S/C15H24N4O2/c1-15(2,3)21-14(20)19-8-7-12(10-19)18(4)13-6-5-11(16)9-17-13/h5-6,9,12H,7-8,10,16H2,1-4H3/t12-/m0/s1. The lowest BCUT2D eigenvalue weighted by Gasteiger charge is -2.27. The second-order valence-corrected chi connectivity index (χ2v) is 6.43. The number of anilines is 2. The van der Waals surface area contributed by atoms with E-state index < -0.39 is 5.60 Å². The molecule has 1 atom stereocenters. The van der Waals surface area contributed by atoms with Crippen molar-refractivity contribution < 1.29 is 9.53 Å². The highest BCUT2D eigenvalue weighted by Crippen LogP contribution is 2.22. The highest BCUT2D eigenvalue weighted by Gasteiger charge is 2.32. The lowest BCUT2D eigenvalue weighted by molar-refractivity contribution is 0.0292. The van der Waals surface area contributed by atoms with Gasteiger partial charge < -0.3 is 20.3 Å². The Bertz CT molecular complexity index is 495. The maximum Gasteiger partial charge on any atom is 0.410 e. The van der Waals surface area contributed by atoms with Crippen LogP contribution in [-0.4, -0.2) is 47.8 Å². The number of rotatable bonds is 2. The third-order valence-corrected chi connectivity index (χ3v) is 3.49. The number of aromatic nitrogens is 1. The first-order chi connectivity index (χ1) is 9.76. The third-order valence-electron chi connectivity index (χ3n) is 3.49. The Kier molecular flexibility index (Phi) is 4.25. The fourth-order valence-electron chi connectivity index (χ4n) is 2.34. The number of nitrogens with zero attached hydrogens (tertiary/aromatic N) is 3. The number of likely N-dealkylation sites (tertiary alicyclic amines) is 1. The summed E-state index contributed by atoms with van der Waals surface area (Å²) in [5, 5.41) is 0. The van der Waals surface area contributed by atoms with Crippen LogP contribution in [0.15, 0.2) is 18.3 Å². The molecule has 0 aromatic carbocycles. The number of ether oxygens (including phenoxy) is 1. The molecule has 1 aromatic heterocycles.